The average molecular weight is 330 g/mol. The maximum absolute atomic E-state index is 12.5. The molecule has 2 amide bonds. The highest BCUT2D eigenvalue weighted by Gasteiger charge is 2.32. The summed E-state index contributed by atoms with van der Waals surface area (Å²) in [6, 6.07) is 6.51. The van der Waals surface area contributed by atoms with Crippen LogP contribution < -0.4 is 5.32 Å². The first-order valence-electron chi connectivity index (χ1n) is 8.86. The molecule has 1 unspecified atom stereocenters. The minimum Gasteiger partial charge on any atom is -0.481 e. The van der Waals surface area contributed by atoms with Crippen molar-refractivity contribution in [2.75, 3.05) is 13.1 Å². The van der Waals surface area contributed by atoms with E-state index in [1.807, 2.05) is 0 Å². The van der Waals surface area contributed by atoms with Crippen LogP contribution >= 0.6 is 0 Å². The highest BCUT2D eigenvalue weighted by Crippen LogP contribution is 2.32. The fraction of sp³-hybridized carbons (Fsp3) is 0.579. The normalized spacial score (nSPS) is 23.2. The summed E-state index contributed by atoms with van der Waals surface area (Å²) in [6.07, 6.45) is 3.61. The number of urea groups is 1. The molecule has 5 nitrogen and oxygen atoms in total. The fourth-order valence-corrected chi connectivity index (χ4v) is 3.71. The molecule has 2 atom stereocenters. The van der Waals surface area contributed by atoms with E-state index in [1.54, 1.807) is 4.90 Å². The first kappa shape index (κ1) is 16.8. The van der Waals surface area contributed by atoms with Crippen molar-refractivity contribution in [2.24, 2.45) is 5.92 Å². The van der Waals surface area contributed by atoms with Gasteiger partial charge in [-0.05, 0) is 48.3 Å². The molecule has 1 aromatic rings. The summed E-state index contributed by atoms with van der Waals surface area (Å²) in [5.74, 6) is -0.777. The van der Waals surface area contributed by atoms with Gasteiger partial charge in [0.1, 0.15) is 0 Å². The van der Waals surface area contributed by atoms with Crippen molar-refractivity contribution < 1.29 is 14.7 Å². The number of carbonyl (C=O) groups is 2. The second-order valence-corrected chi connectivity index (χ2v) is 7.28. The molecule has 0 spiro atoms. The molecule has 0 aromatic heterocycles. The van der Waals surface area contributed by atoms with Gasteiger partial charge in [0, 0.05) is 13.1 Å². The molecule has 130 valence electrons. The van der Waals surface area contributed by atoms with E-state index in [0.29, 0.717) is 25.4 Å². The average Bonchev–Trinajstić information content (AvgIpc) is 3.05. The van der Waals surface area contributed by atoms with Crippen LogP contribution in [0.15, 0.2) is 18.2 Å². The second kappa shape index (κ2) is 6.83. The first-order valence-corrected chi connectivity index (χ1v) is 8.86. The number of carboxylic acids is 1. The number of nitrogens with zero attached hydrogens (tertiary/aromatic N) is 1. The Bertz CT molecular complexity index is 641. The molecular formula is C19H26N2O3. The maximum Gasteiger partial charge on any atom is 0.317 e. The Morgan fingerprint density at radius 1 is 1.29 bits per heavy atom. The van der Waals surface area contributed by atoms with Crippen molar-refractivity contribution in [3.8, 4) is 0 Å². The number of aliphatic carboxylic acids is 1. The Hall–Kier alpha value is -2.04. The molecule has 0 radical (unpaired) electrons. The Balaban J connectivity index is 1.72. The van der Waals surface area contributed by atoms with Gasteiger partial charge < -0.3 is 15.3 Å². The SMILES string of the molecule is CC(C)c1ccc2c(c1)[C@@H](NC(=O)N1CCC(C(=O)O)C1)CCC2. The van der Waals surface area contributed by atoms with E-state index in [4.69, 9.17) is 5.11 Å². The van der Waals surface area contributed by atoms with Crippen LogP contribution in [-0.2, 0) is 11.2 Å². The number of nitrogens with one attached hydrogen (secondary N) is 1. The van der Waals surface area contributed by atoms with Crippen LogP contribution in [0, 0.1) is 5.92 Å². The molecule has 0 bridgehead atoms. The minimum absolute atomic E-state index is 0.0313. The predicted octanol–water partition coefficient (Wildman–Crippen LogP) is 3.30. The maximum atomic E-state index is 12.5. The molecule has 1 aliphatic heterocycles. The molecule has 1 aromatic carbocycles. The number of hydrogen-bond acceptors (Lipinski definition) is 2. The van der Waals surface area contributed by atoms with Gasteiger partial charge in [0.2, 0.25) is 0 Å². The minimum atomic E-state index is -0.810. The number of carbonyl (C=O) groups excluding carboxylic acids is 1. The zero-order valence-corrected chi connectivity index (χ0v) is 14.4. The Kier molecular flexibility index (Phi) is 4.78. The number of amides is 2. The van der Waals surface area contributed by atoms with E-state index < -0.39 is 11.9 Å². The van der Waals surface area contributed by atoms with Gasteiger partial charge in [0.25, 0.3) is 0 Å². The van der Waals surface area contributed by atoms with Gasteiger partial charge >= 0.3 is 12.0 Å². The van der Waals surface area contributed by atoms with Gasteiger partial charge in [0.05, 0.1) is 12.0 Å². The van der Waals surface area contributed by atoms with Gasteiger partial charge in [0.15, 0.2) is 0 Å². The molecule has 2 aliphatic rings. The van der Waals surface area contributed by atoms with Crippen LogP contribution in [0.1, 0.15) is 61.8 Å². The van der Waals surface area contributed by atoms with Crippen LogP contribution in [0.5, 0.6) is 0 Å². The molecule has 1 fully saturated rings. The van der Waals surface area contributed by atoms with Crippen molar-refractivity contribution in [1.29, 1.82) is 0 Å². The number of carboxylic acid groups (broad SMARTS) is 1. The van der Waals surface area contributed by atoms with Crippen molar-refractivity contribution in [1.82, 2.24) is 10.2 Å². The molecule has 24 heavy (non-hydrogen) atoms. The third-order valence-corrected chi connectivity index (χ3v) is 5.27. The van der Waals surface area contributed by atoms with Crippen LogP contribution in [0.4, 0.5) is 4.79 Å². The third-order valence-electron chi connectivity index (χ3n) is 5.27. The summed E-state index contributed by atoms with van der Waals surface area (Å²) in [4.78, 5) is 25.2. The summed E-state index contributed by atoms with van der Waals surface area (Å²) in [5, 5.41) is 12.2. The highest BCUT2D eigenvalue weighted by molar-refractivity contribution is 5.77. The summed E-state index contributed by atoms with van der Waals surface area (Å²) >= 11 is 0. The lowest BCUT2D eigenvalue weighted by molar-refractivity contribution is -0.141. The molecule has 1 aliphatic carbocycles. The molecule has 5 heteroatoms. The monoisotopic (exact) mass is 330 g/mol. The first-order chi connectivity index (χ1) is 11.5. The van der Waals surface area contributed by atoms with Crippen molar-refractivity contribution >= 4 is 12.0 Å². The van der Waals surface area contributed by atoms with Crippen molar-refractivity contribution in [3.05, 3.63) is 34.9 Å². The number of aryl methyl sites for hydroxylation is 1. The van der Waals surface area contributed by atoms with Crippen molar-refractivity contribution in [3.63, 3.8) is 0 Å². The third kappa shape index (κ3) is 3.40. The zero-order valence-electron chi connectivity index (χ0n) is 14.4. The standard InChI is InChI=1S/C19H26N2O3/c1-12(2)14-7-6-13-4-3-5-17(16(13)10-14)20-19(24)21-9-8-15(11-21)18(22)23/h6-7,10,12,15,17H,3-5,8-9,11H2,1-2H3,(H,20,24)(H,22,23)/t15?,17-/m0/s1. The van der Waals surface area contributed by atoms with E-state index in [-0.39, 0.29) is 12.1 Å². The lowest BCUT2D eigenvalue weighted by Crippen LogP contribution is -2.41. The number of rotatable bonds is 3. The number of benzene rings is 1. The van der Waals surface area contributed by atoms with Crippen LogP contribution in [0.2, 0.25) is 0 Å². The topological polar surface area (TPSA) is 69.6 Å². The Morgan fingerprint density at radius 3 is 2.75 bits per heavy atom. The lowest BCUT2D eigenvalue weighted by atomic mass is 9.85. The van der Waals surface area contributed by atoms with Gasteiger partial charge in [-0.1, -0.05) is 32.0 Å². The molecule has 1 saturated heterocycles. The van der Waals surface area contributed by atoms with E-state index >= 15 is 0 Å². The molecule has 0 saturated carbocycles. The van der Waals surface area contributed by atoms with Crippen LogP contribution in [-0.4, -0.2) is 35.1 Å². The Morgan fingerprint density at radius 2 is 2.08 bits per heavy atom. The van der Waals surface area contributed by atoms with Gasteiger partial charge in [-0.3, -0.25) is 4.79 Å². The van der Waals surface area contributed by atoms with E-state index in [0.717, 1.165) is 19.3 Å². The Labute approximate surface area is 143 Å². The largest absolute Gasteiger partial charge is 0.481 e. The molecular weight excluding hydrogens is 304 g/mol. The number of hydrogen-bond donors (Lipinski definition) is 2. The lowest BCUT2D eigenvalue weighted by Gasteiger charge is -2.29. The van der Waals surface area contributed by atoms with Crippen LogP contribution in [0.25, 0.3) is 0 Å². The second-order valence-electron chi connectivity index (χ2n) is 7.28. The molecule has 1 heterocycles. The van der Waals surface area contributed by atoms with Gasteiger partial charge in [-0.2, -0.15) is 0 Å². The quantitative estimate of drug-likeness (QED) is 0.893. The summed E-state index contributed by atoms with van der Waals surface area (Å²) in [7, 11) is 0. The van der Waals surface area contributed by atoms with Crippen LogP contribution in [0.3, 0.4) is 0 Å². The predicted molar refractivity (Wildman–Crippen MR) is 92.1 cm³/mol. The number of fused-ring (bicyclic) bond motifs is 1. The summed E-state index contributed by atoms with van der Waals surface area (Å²) in [6.45, 7) is 5.18. The smallest absolute Gasteiger partial charge is 0.317 e. The zero-order chi connectivity index (χ0) is 17.3. The van der Waals surface area contributed by atoms with E-state index in [2.05, 4.69) is 37.4 Å². The number of likely N-dealkylation sites (tertiary alicyclic amines) is 1. The van der Waals surface area contributed by atoms with Gasteiger partial charge in [-0.15, -0.1) is 0 Å². The van der Waals surface area contributed by atoms with Gasteiger partial charge in [-0.25, -0.2) is 4.79 Å². The van der Waals surface area contributed by atoms with E-state index in [1.165, 1.54) is 16.7 Å². The van der Waals surface area contributed by atoms with Crippen molar-refractivity contribution in [2.45, 2.75) is 51.5 Å². The summed E-state index contributed by atoms with van der Waals surface area (Å²) < 4.78 is 0. The highest BCUT2D eigenvalue weighted by atomic mass is 16.4. The molecule has 3 rings (SSSR count). The summed E-state index contributed by atoms with van der Waals surface area (Å²) in [5.41, 5.74) is 3.84. The fourth-order valence-electron chi connectivity index (χ4n) is 3.71. The van der Waals surface area contributed by atoms with E-state index in [9.17, 15) is 9.59 Å². The molecule has 2 N–H and O–H groups in total.